The average Bonchev–Trinajstić information content (AvgIpc) is 3.15. The minimum atomic E-state index is -0.282. The molecule has 3 rings (SSSR count). The predicted octanol–water partition coefficient (Wildman–Crippen LogP) is 3.11. The van der Waals surface area contributed by atoms with Crippen molar-refractivity contribution in [3.63, 3.8) is 0 Å². The Bertz CT molecular complexity index is 810. The van der Waals surface area contributed by atoms with Gasteiger partial charge in [0.25, 0.3) is 5.91 Å². The molecule has 1 aliphatic rings. The first-order valence-electron chi connectivity index (χ1n) is 10.4. The van der Waals surface area contributed by atoms with E-state index >= 15 is 0 Å². The Labute approximate surface area is 172 Å². The molecule has 1 fully saturated rings. The summed E-state index contributed by atoms with van der Waals surface area (Å²) in [6.07, 6.45) is 4.58. The molecule has 29 heavy (non-hydrogen) atoms. The molecule has 2 amide bonds. The first-order chi connectivity index (χ1) is 14.0. The van der Waals surface area contributed by atoms with Crippen molar-refractivity contribution in [1.29, 1.82) is 0 Å². The van der Waals surface area contributed by atoms with E-state index in [1.165, 1.54) is 24.8 Å². The Morgan fingerprint density at radius 1 is 1.17 bits per heavy atom. The second-order valence-electron chi connectivity index (χ2n) is 7.55. The average molecular weight is 399 g/mol. The lowest BCUT2D eigenvalue weighted by Crippen LogP contribution is -2.43. The van der Waals surface area contributed by atoms with E-state index in [0.717, 1.165) is 26.1 Å². The van der Waals surface area contributed by atoms with E-state index in [2.05, 4.69) is 22.3 Å². The minimum absolute atomic E-state index is 0.0197. The SMILES string of the molecule is CCc1ccc(C(=O)N(CCN2CCCCC2)CC(=O)Nc2cc(C)on2)cc1. The molecule has 7 nitrogen and oxygen atoms in total. The number of aryl methyl sites for hydroxylation is 2. The smallest absolute Gasteiger partial charge is 0.254 e. The number of amides is 2. The molecule has 1 aliphatic heterocycles. The number of hydrogen-bond acceptors (Lipinski definition) is 5. The quantitative estimate of drug-likeness (QED) is 0.739. The number of carbonyl (C=O) groups is 2. The number of nitrogens with one attached hydrogen (secondary N) is 1. The largest absolute Gasteiger partial charge is 0.360 e. The summed E-state index contributed by atoms with van der Waals surface area (Å²) < 4.78 is 4.98. The number of benzene rings is 1. The molecular formula is C22H30N4O3. The van der Waals surface area contributed by atoms with Gasteiger partial charge in [0.2, 0.25) is 5.91 Å². The lowest BCUT2D eigenvalue weighted by atomic mass is 10.1. The van der Waals surface area contributed by atoms with Gasteiger partial charge in [-0.25, -0.2) is 0 Å². The van der Waals surface area contributed by atoms with E-state index in [1.54, 1.807) is 17.9 Å². The van der Waals surface area contributed by atoms with Gasteiger partial charge in [-0.3, -0.25) is 9.59 Å². The molecule has 0 unspecified atom stereocenters. The van der Waals surface area contributed by atoms with Gasteiger partial charge in [0.15, 0.2) is 5.82 Å². The van der Waals surface area contributed by atoms with Crippen LogP contribution in [0.3, 0.4) is 0 Å². The molecule has 2 aromatic rings. The van der Waals surface area contributed by atoms with Crippen LogP contribution in [0, 0.1) is 6.92 Å². The zero-order chi connectivity index (χ0) is 20.6. The number of carbonyl (C=O) groups excluding carboxylic acids is 2. The minimum Gasteiger partial charge on any atom is -0.360 e. The van der Waals surface area contributed by atoms with Gasteiger partial charge in [0.05, 0.1) is 0 Å². The molecule has 1 N–H and O–H groups in total. The van der Waals surface area contributed by atoms with Crippen molar-refractivity contribution in [2.75, 3.05) is 38.0 Å². The van der Waals surface area contributed by atoms with Crippen LogP contribution in [0.25, 0.3) is 0 Å². The van der Waals surface area contributed by atoms with Gasteiger partial charge in [-0.2, -0.15) is 0 Å². The van der Waals surface area contributed by atoms with Gasteiger partial charge in [0.1, 0.15) is 12.3 Å². The molecule has 0 atom stereocenters. The molecule has 2 heterocycles. The summed E-state index contributed by atoms with van der Waals surface area (Å²) in [5.41, 5.74) is 1.78. The molecule has 0 radical (unpaired) electrons. The number of piperidine rings is 1. The zero-order valence-corrected chi connectivity index (χ0v) is 17.3. The van der Waals surface area contributed by atoms with Crippen LogP contribution in [0.4, 0.5) is 5.82 Å². The number of likely N-dealkylation sites (tertiary alicyclic amines) is 1. The van der Waals surface area contributed by atoms with Crippen molar-refractivity contribution in [3.8, 4) is 0 Å². The molecule has 156 valence electrons. The molecule has 0 saturated carbocycles. The molecule has 0 aliphatic carbocycles. The van der Waals surface area contributed by atoms with Crippen molar-refractivity contribution in [3.05, 3.63) is 47.2 Å². The van der Waals surface area contributed by atoms with Gasteiger partial charge < -0.3 is 19.6 Å². The number of hydrogen-bond donors (Lipinski definition) is 1. The van der Waals surface area contributed by atoms with Crippen LogP contribution in [-0.2, 0) is 11.2 Å². The number of aromatic nitrogens is 1. The van der Waals surface area contributed by atoms with Crippen LogP contribution in [-0.4, -0.2) is 59.5 Å². The zero-order valence-electron chi connectivity index (χ0n) is 17.3. The first-order valence-corrected chi connectivity index (χ1v) is 10.4. The maximum Gasteiger partial charge on any atom is 0.254 e. The lowest BCUT2D eigenvalue weighted by Gasteiger charge is -2.30. The molecule has 1 aromatic carbocycles. The Hall–Kier alpha value is -2.67. The van der Waals surface area contributed by atoms with Crippen LogP contribution in [0.15, 0.2) is 34.9 Å². The van der Waals surface area contributed by atoms with Crippen LogP contribution in [0.5, 0.6) is 0 Å². The highest BCUT2D eigenvalue weighted by molar-refractivity contribution is 5.99. The fourth-order valence-electron chi connectivity index (χ4n) is 3.54. The number of rotatable bonds is 8. The monoisotopic (exact) mass is 398 g/mol. The van der Waals surface area contributed by atoms with Crippen molar-refractivity contribution in [2.45, 2.75) is 39.5 Å². The van der Waals surface area contributed by atoms with Crippen LogP contribution in [0.2, 0.25) is 0 Å². The summed E-state index contributed by atoms with van der Waals surface area (Å²) in [7, 11) is 0. The molecular weight excluding hydrogens is 368 g/mol. The fraction of sp³-hybridized carbons (Fsp3) is 0.500. The van der Waals surface area contributed by atoms with Crippen molar-refractivity contribution in [1.82, 2.24) is 15.0 Å². The Morgan fingerprint density at radius 3 is 2.52 bits per heavy atom. The first kappa shape index (κ1) is 21.0. The Kier molecular flexibility index (Phi) is 7.41. The molecule has 0 bridgehead atoms. The van der Waals surface area contributed by atoms with Crippen molar-refractivity contribution in [2.24, 2.45) is 0 Å². The van der Waals surface area contributed by atoms with Gasteiger partial charge in [-0.05, 0) is 57.0 Å². The molecule has 1 aromatic heterocycles. The topological polar surface area (TPSA) is 78.7 Å². The van der Waals surface area contributed by atoms with E-state index in [0.29, 0.717) is 23.7 Å². The second-order valence-corrected chi connectivity index (χ2v) is 7.55. The van der Waals surface area contributed by atoms with Gasteiger partial charge in [0, 0.05) is 24.7 Å². The lowest BCUT2D eigenvalue weighted by molar-refractivity contribution is -0.117. The van der Waals surface area contributed by atoms with E-state index in [-0.39, 0.29) is 18.4 Å². The molecule has 1 saturated heterocycles. The fourth-order valence-corrected chi connectivity index (χ4v) is 3.54. The second kappa shape index (κ2) is 10.2. The normalized spacial score (nSPS) is 14.6. The highest BCUT2D eigenvalue weighted by atomic mass is 16.5. The molecule has 0 spiro atoms. The summed E-state index contributed by atoms with van der Waals surface area (Å²) >= 11 is 0. The van der Waals surface area contributed by atoms with Crippen LogP contribution in [0.1, 0.15) is 47.9 Å². The third-order valence-electron chi connectivity index (χ3n) is 5.26. The van der Waals surface area contributed by atoms with E-state index in [9.17, 15) is 9.59 Å². The molecule has 7 heteroatoms. The third-order valence-corrected chi connectivity index (χ3v) is 5.26. The van der Waals surface area contributed by atoms with E-state index in [4.69, 9.17) is 4.52 Å². The summed E-state index contributed by atoms with van der Waals surface area (Å²) in [5, 5.41) is 6.49. The van der Waals surface area contributed by atoms with Gasteiger partial charge >= 0.3 is 0 Å². The van der Waals surface area contributed by atoms with E-state index < -0.39 is 0 Å². The van der Waals surface area contributed by atoms with Gasteiger partial charge in [-0.15, -0.1) is 0 Å². The highest BCUT2D eigenvalue weighted by Gasteiger charge is 2.21. The van der Waals surface area contributed by atoms with Crippen molar-refractivity contribution >= 4 is 17.6 Å². The number of nitrogens with zero attached hydrogens (tertiary/aromatic N) is 3. The summed E-state index contributed by atoms with van der Waals surface area (Å²) in [6.45, 7) is 7.22. The van der Waals surface area contributed by atoms with Crippen LogP contribution < -0.4 is 5.32 Å². The van der Waals surface area contributed by atoms with Crippen LogP contribution >= 0.6 is 0 Å². The highest BCUT2D eigenvalue weighted by Crippen LogP contribution is 2.12. The summed E-state index contributed by atoms with van der Waals surface area (Å²) in [4.78, 5) is 29.6. The predicted molar refractivity (Wildman–Crippen MR) is 112 cm³/mol. The standard InChI is InChI=1S/C22H30N4O3/c1-3-18-7-9-19(10-8-18)22(28)26(14-13-25-11-5-4-6-12-25)16-21(27)23-20-15-17(2)29-24-20/h7-10,15H,3-6,11-14,16H2,1-2H3,(H,23,24,27). The van der Waals surface area contributed by atoms with Gasteiger partial charge in [-0.1, -0.05) is 30.6 Å². The number of anilines is 1. The Morgan fingerprint density at radius 2 is 1.90 bits per heavy atom. The summed E-state index contributed by atoms with van der Waals surface area (Å²) in [5.74, 6) is 0.573. The van der Waals surface area contributed by atoms with E-state index in [1.807, 2.05) is 24.3 Å². The third kappa shape index (κ3) is 6.15. The Balaban J connectivity index is 1.66. The maximum atomic E-state index is 13.1. The maximum absolute atomic E-state index is 13.1. The van der Waals surface area contributed by atoms with Crippen molar-refractivity contribution < 1.29 is 14.1 Å². The summed E-state index contributed by atoms with van der Waals surface area (Å²) in [6, 6.07) is 9.27.